The topological polar surface area (TPSA) is 40.6 Å². The highest BCUT2D eigenvalue weighted by Gasteiger charge is 2.43. The van der Waals surface area contributed by atoms with Gasteiger partial charge in [0.2, 0.25) is 5.91 Å². The summed E-state index contributed by atoms with van der Waals surface area (Å²) < 4.78 is 0. The van der Waals surface area contributed by atoms with Gasteiger partial charge in [0.25, 0.3) is 5.91 Å². The molecule has 0 saturated carbocycles. The van der Waals surface area contributed by atoms with Crippen molar-refractivity contribution in [1.82, 2.24) is 9.80 Å². The minimum atomic E-state index is -0.207. The predicted octanol–water partition coefficient (Wildman–Crippen LogP) is 0.989. The van der Waals surface area contributed by atoms with Gasteiger partial charge in [-0.2, -0.15) is 0 Å². The lowest BCUT2D eigenvalue weighted by atomic mass is 10.1. The van der Waals surface area contributed by atoms with E-state index >= 15 is 0 Å². The van der Waals surface area contributed by atoms with E-state index in [-0.39, 0.29) is 23.8 Å². The summed E-state index contributed by atoms with van der Waals surface area (Å²) in [5.74, 6) is 0.343. The highest BCUT2D eigenvalue weighted by atomic mass is 16.2. The van der Waals surface area contributed by atoms with E-state index in [1.165, 1.54) is 4.90 Å². The van der Waals surface area contributed by atoms with Gasteiger partial charge in [-0.1, -0.05) is 19.9 Å². The first-order valence-electron chi connectivity index (χ1n) is 5.82. The van der Waals surface area contributed by atoms with Gasteiger partial charge in [0.15, 0.2) is 0 Å². The largest absolute Gasteiger partial charge is 0.325 e. The third kappa shape index (κ3) is 1.62. The van der Waals surface area contributed by atoms with Gasteiger partial charge < -0.3 is 9.80 Å². The molecule has 0 unspecified atom stereocenters. The van der Waals surface area contributed by atoms with Crippen molar-refractivity contribution in [1.29, 1.82) is 0 Å². The number of hydrogen-bond donors (Lipinski definition) is 0. The molecule has 2 amide bonds. The number of carbonyl (C=O) groups is 2. The first-order valence-corrected chi connectivity index (χ1v) is 5.82. The summed E-state index contributed by atoms with van der Waals surface area (Å²) in [6.45, 7) is 4.74. The van der Waals surface area contributed by atoms with Crippen molar-refractivity contribution < 1.29 is 9.59 Å². The Morgan fingerprint density at radius 1 is 1.38 bits per heavy atom. The summed E-state index contributed by atoms with van der Waals surface area (Å²) in [7, 11) is 1.70. The van der Waals surface area contributed by atoms with Gasteiger partial charge in [0, 0.05) is 13.6 Å². The molecule has 2 saturated heterocycles. The molecule has 1 atom stereocenters. The van der Waals surface area contributed by atoms with Gasteiger partial charge in [0.1, 0.15) is 11.7 Å². The van der Waals surface area contributed by atoms with E-state index in [2.05, 4.69) is 0 Å². The maximum Gasteiger partial charge on any atom is 0.270 e. The fourth-order valence-corrected chi connectivity index (χ4v) is 2.40. The number of amides is 2. The second-order valence-corrected chi connectivity index (χ2v) is 4.85. The third-order valence-electron chi connectivity index (χ3n) is 3.20. The second kappa shape index (κ2) is 3.92. The van der Waals surface area contributed by atoms with Crippen LogP contribution in [0.15, 0.2) is 11.8 Å². The summed E-state index contributed by atoms with van der Waals surface area (Å²) in [6.07, 6.45) is 3.61. The Balaban J connectivity index is 2.34. The fraction of sp³-hybridized carbons (Fsp3) is 0.667. The number of piperazine rings is 1. The normalized spacial score (nSPS) is 28.2. The third-order valence-corrected chi connectivity index (χ3v) is 3.20. The van der Waals surface area contributed by atoms with Crippen LogP contribution in [0.2, 0.25) is 0 Å². The molecule has 0 aromatic heterocycles. The van der Waals surface area contributed by atoms with Crippen molar-refractivity contribution in [3.8, 4) is 0 Å². The van der Waals surface area contributed by atoms with Crippen LogP contribution in [-0.4, -0.2) is 41.2 Å². The van der Waals surface area contributed by atoms with E-state index in [0.29, 0.717) is 5.70 Å². The molecule has 0 spiro atoms. The van der Waals surface area contributed by atoms with Gasteiger partial charge in [-0.3, -0.25) is 9.59 Å². The van der Waals surface area contributed by atoms with Crippen molar-refractivity contribution in [3.05, 3.63) is 11.8 Å². The summed E-state index contributed by atoms with van der Waals surface area (Å²) in [5, 5.41) is 0. The average Bonchev–Trinajstić information content (AvgIpc) is 2.70. The molecular formula is C12H18N2O2. The summed E-state index contributed by atoms with van der Waals surface area (Å²) in [5.41, 5.74) is 0.540. The summed E-state index contributed by atoms with van der Waals surface area (Å²) >= 11 is 0. The maximum atomic E-state index is 12.2. The number of rotatable bonds is 1. The van der Waals surface area contributed by atoms with Gasteiger partial charge in [0.05, 0.1) is 0 Å². The van der Waals surface area contributed by atoms with Crippen LogP contribution in [0.3, 0.4) is 0 Å². The number of allylic oxidation sites excluding steroid dienone is 1. The zero-order chi connectivity index (χ0) is 11.9. The number of carbonyl (C=O) groups excluding carboxylic acids is 2. The molecule has 2 aliphatic rings. The minimum Gasteiger partial charge on any atom is -0.325 e. The van der Waals surface area contributed by atoms with Gasteiger partial charge in [-0.25, -0.2) is 0 Å². The van der Waals surface area contributed by atoms with E-state index in [1.54, 1.807) is 11.9 Å². The Hall–Kier alpha value is -1.32. The first kappa shape index (κ1) is 11.2. The van der Waals surface area contributed by atoms with Crippen LogP contribution in [0.4, 0.5) is 0 Å². The van der Waals surface area contributed by atoms with E-state index in [0.717, 1.165) is 19.4 Å². The molecule has 0 bridgehead atoms. The molecule has 2 fully saturated rings. The average molecular weight is 222 g/mol. The highest BCUT2D eigenvalue weighted by molar-refractivity contribution is 6.04. The van der Waals surface area contributed by atoms with Crippen molar-refractivity contribution in [2.45, 2.75) is 32.7 Å². The second-order valence-electron chi connectivity index (χ2n) is 4.85. The molecule has 0 aliphatic carbocycles. The van der Waals surface area contributed by atoms with Gasteiger partial charge in [-0.05, 0) is 18.8 Å². The van der Waals surface area contributed by atoms with E-state index < -0.39 is 0 Å². The Bertz CT molecular complexity index is 360. The maximum absolute atomic E-state index is 12.2. The van der Waals surface area contributed by atoms with Crippen LogP contribution in [0.5, 0.6) is 0 Å². The molecule has 0 aromatic carbocycles. The Kier molecular flexibility index (Phi) is 2.74. The molecule has 0 radical (unpaired) electrons. The quantitative estimate of drug-likeness (QED) is 0.621. The molecule has 0 N–H and O–H groups in total. The molecular weight excluding hydrogens is 204 g/mol. The zero-order valence-electron chi connectivity index (χ0n) is 10.1. The highest BCUT2D eigenvalue weighted by Crippen LogP contribution is 2.28. The molecule has 4 nitrogen and oxygen atoms in total. The molecule has 16 heavy (non-hydrogen) atoms. The monoisotopic (exact) mass is 222 g/mol. The van der Waals surface area contributed by atoms with Crippen LogP contribution >= 0.6 is 0 Å². The molecule has 0 aromatic rings. The van der Waals surface area contributed by atoms with Crippen LogP contribution in [0, 0.1) is 5.92 Å². The van der Waals surface area contributed by atoms with Crippen molar-refractivity contribution >= 4 is 11.8 Å². The minimum absolute atomic E-state index is 0.0123. The van der Waals surface area contributed by atoms with Crippen LogP contribution in [0.1, 0.15) is 26.7 Å². The molecule has 2 heterocycles. The summed E-state index contributed by atoms with van der Waals surface area (Å²) in [4.78, 5) is 27.4. The molecule has 88 valence electrons. The Labute approximate surface area is 95.9 Å². The number of fused-ring (bicyclic) bond motifs is 1. The number of nitrogens with zero attached hydrogens (tertiary/aromatic N) is 2. The number of likely N-dealkylation sites (N-methyl/N-ethyl adjacent to an activating group) is 1. The first-order chi connectivity index (χ1) is 7.52. The smallest absolute Gasteiger partial charge is 0.270 e. The van der Waals surface area contributed by atoms with E-state index in [4.69, 9.17) is 0 Å². The SMILES string of the molecule is CC(C)/C=C1/C(=O)N2CCC[C@H]2C(=O)N1C. The van der Waals surface area contributed by atoms with Crippen molar-refractivity contribution in [3.63, 3.8) is 0 Å². The van der Waals surface area contributed by atoms with Crippen LogP contribution < -0.4 is 0 Å². The predicted molar refractivity (Wildman–Crippen MR) is 60.4 cm³/mol. The van der Waals surface area contributed by atoms with E-state index in [1.807, 2.05) is 19.9 Å². The zero-order valence-corrected chi connectivity index (χ0v) is 10.1. The Morgan fingerprint density at radius 2 is 2.06 bits per heavy atom. The van der Waals surface area contributed by atoms with Crippen LogP contribution in [0.25, 0.3) is 0 Å². The molecule has 2 rings (SSSR count). The lowest BCUT2D eigenvalue weighted by Crippen LogP contribution is -2.54. The fourth-order valence-electron chi connectivity index (χ4n) is 2.40. The van der Waals surface area contributed by atoms with Crippen molar-refractivity contribution in [2.24, 2.45) is 5.92 Å². The summed E-state index contributed by atoms with van der Waals surface area (Å²) in [6, 6.07) is -0.207. The lowest BCUT2D eigenvalue weighted by Gasteiger charge is -2.36. The van der Waals surface area contributed by atoms with Gasteiger partial charge >= 0.3 is 0 Å². The van der Waals surface area contributed by atoms with Crippen LogP contribution in [-0.2, 0) is 9.59 Å². The van der Waals surface area contributed by atoms with Crippen molar-refractivity contribution in [2.75, 3.05) is 13.6 Å². The van der Waals surface area contributed by atoms with Gasteiger partial charge in [-0.15, -0.1) is 0 Å². The Morgan fingerprint density at radius 3 is 2.69 bits per heavy atom. The van der Waals surface area contributed by atoms with E-state index in [9.17, 15) is 9.59 Å². The molecule has 4 heteroatoms. The standard InChI is InChI=1S/C12H18N2O2/c1-8(2)7-10-12(16)14-6-4-5-9(14)11(15)13(10)3/h7-9H,4-6H2,1-3H3/b10-7-/t9-/m0/s1. The number of hydrogen-bond acceptors (Lipinski definition) is 2. The molecule has 2 aliphatic heterocycles. The lowest BCUT2D eigenvalue weighted by molar-refractivity contribution is -0.147.